The van der Waals surface area contributed by atoms with Gasteiger partial charge in [0.15, 0.2) is 11.5 Å². The maximum atomic E-state index is 9.95. The van der Waals surface area contributed by atoms with Crippen LogP contribution in [0.3, 0.4) is 0 Å². The van der Waals surface area contributed by atoms with Crippen LogP contribution in [-0.2, 0) is 0 Å². The first kappa shape index (κ1) is 14.1. The maximum Gasteiger partial charge on any atom is 0.176 e. The van der Waals surface area contributed by atoms with Crippen LogP contribution in [0.15, 0.2) is 12.1 Å². The van der Waals surface area contributed by atoms with E-state index in [4.69, 9.17) is 16.3 Å². The lowest BCUT2D eigenvalue weighted by molar-refractivity contribution is 0.171. The van der Waals surface area contributed by atoms with Gasteiger partial charge in [-0.1, -0.05) is 25.4 Å². The number of phenols is 1. The highest BCUT2D eigenvalue weighted by Crippen LogP contribution is 2.36. The van der Waals surface area contributed by atoms with Crippen LogP contribution in [0.4, 0.5) is 0 Å². The number of aromatic hydroxyl groups is 1. The molecule has 17 heavy (non-hydrogen) atoms. The topological polar surface area (TPSA) is 61.7 Å². The molecular formula is C12H18ClNO3. The van der Waals surface area contributed by atoms with Crippen molar-refractivity contribution in [3.05, 3.63) is 22.7 Å². The van der Waals surface area contributed by atoms with Gasteiger partial charge < -0.3 is 20.3 Å². The van der Waals surface area contributed by atoms with Crippen molar-refractivity contribution in [3.63, 3.8) is 0 Å². The van der Waals surface area contributed by atoms with E-state index in [-0.39, 0.29) is 16.5 Å². The van der Waals surface area contributed by atoms with E-state index < -0.39 is 6.10 Å². The molecule has 1 aromatic carbocycles. The van der Waals surface area contributed by atoms with E-state index in [2.05, 4.69) is 5.32 Å². The Balaban J connectivity index is 2.87. The summed E-state index contributed by atoms with van der Waals surface area (Å²) in [6, 6.07) is 3.40. The molecule has 1 unspecified atom stereocenters. The van der Waals surface area contributed by atoms with Gasteiger partial charge in [0.25, 0.3) is 0 Å². The molecule has 1 atom stereocenters. The van der Waals surface area contributed by atoms with Crippen molar-refractivity contribution in [3.8, 4) is 11.5 Å². The molecule has 5 heteroatoms. The normalized spacial score (nSPS) is 12.8. The van der Waals surface area contributed by atoms with E-state index in [0.29, 0.717) is 18.2 Å². The van der Waals surface area contributed by atoms with Crippen LogP contribution in [0.25, 0.3) is 0 Å². The third-order valence-corrected chi connectivity index (χ3v) is 2.66. The van der Waals surface area contributed by atoms with Gasteiger partial charge in [0.1, 0.15) is 0 Å². The first-order valence-electron chi connectivity index (χ1n) is 5.43. The first-order valence-corrected chi connectivity index (χ1v) is 5.81. The standard InChI is InChI=1S/C12H18ClNO3/c1-7(2)14-6-10(15)8-4-9(13)12(16)11(5-8)17-3/h4-5,7,10,14-16H,6H2,1-3H3. The SMILES string of the molecule is COc1cc(C(O)CNC(C)C)cc(Cl)c1O. The number of halogens is 1. The molecule has 0 fully saturated rings. The molecular weight excluding hydrogens is 242 g/mol. The Labute approximate surface area is 106 Å². The summed E-state index contributed by atoms with van der Waals surface area (Å²) in [5, 5.41) is 22.8. The summed E-state index contributed by atoms with van der Waals surface area (Å²) in [4.78, 5) is 0. The number of methoxy groups -OCH3 is 1. The molecule has 0 saturated carbocycles. The molecule has 0 radical (unpaired) electrons. The zero-order valence-corrected chi connectivity index (χ0v) is 11.0. The van der Waals surface area contributed by atoms with Gasteiger partial charge in [-0.05, 0) is 17.7 Å². The second kappa shape index (κ2) is 6.10. The van der Waals surface area contributed by atoms with E-state index in [1.165, 1.54) is 13.2 Å². The largest absolute Gasteiger partial charge is 0.503 e. The Morgan fingerprint density at radius 3 is 2.59 bits per heavy atom. The van der Waals surface area contributed by atoms with Gasteiger partial charge in [0.05, 0.1) is 18.2 Å². The molecule has 0 aliphatic carbocycles. The van der Waals surface area contributed by atoms with Crippen LogP contribution < -0.4 is 10.1 Å². The van der Waals surface area contributed by atoms with Crippen LogP contribution in [0, 0.1) is 0 Å². The summed E-state index contributed by atoms with van der Waals surface area (Å²) < 4.78 is 4.98. The number of hydrogen-bond donors (Lipinski definition) is 3. The highest BCUT2D eigenvalue weighted by molar-refractivity contribution is 6.32. The fraction of sp³-hybridized carbons (Fsp3) is 0.500. The Hall–Kier alpha value is -0.970. The predicted molar refractivity (Wildman–Crippen MR) is 67.8 cm³/mol. The highest BCUT2D eigenvalue weighted by Gasteiger charge is 2.14. The summed E-state index contributed by atoms with van der Waals surface area (Å²) in [5.74, 6) is 0.151. The van der Waals surface area contributed by atoms with Crippen LogP contribution in [0.2, 0.25) is 5.02 Å². The number of aliphatic hydroxyl groups is 1. The summed E-state index contributed by atoms with van der Waals surface area (Å²) in [5.41, 5.74) is 0.609. The summed E-state index contributed by atoms with van der Waals surface area (Å²) >= 11 is 5.84. The van der Waals surface area contributed by atoms with Crippen molar-refractivity contribution in [1.29, 1.82) is 0 Å². The van der Waals surface area contributed by atoms with Gasteiger partial charge in [-0.3, -0.25) is 0 Å². The lowest BCUT2D eigenvalue weighted by atomic mass is 10.1. The molecule has 0 amide bonds. The Morgan fingerprint density at radius 2 is 2.06 bits per heavy atom. The van der Waals surface area contributed by atoms with Crippen molar-refractivity contribution < 1.29 is 14.9 Å². The second-order valence-electron chi connectivity index (χ2n) is 4.13. The second-order valence-corrected chi connectivity index (χ2v) is 4.54. The van der Waals surface area contributed by atoms with Crippen molar-refractivity contribution in [2.24, 2.45) is 0 Å². The van der Waals surface area contributed by atoms with Gasteiger partial charge in [-0.25, -0.2) is 0 Å². The highest BCUT2D eigenvalue weighted by atomic mass is 35.5. The zero-order chi connectivity index (χ0) is 13.0. The molecule has 1 rings (SSSR count). The predicted octanol–water partition coefficient (Wildman–Crippen LogP) is 2.09. The average Bonchev–Trinajstić information content (AvgIpc) is 2.29. The number of nitrogens with one attached hydrogen (secondary N) is 1. The molecule has 0 aliphatic heterocycles. The van der Waals surface area contributed by atoms with Crippen LogP contribution in [0.5, 0.6) is 11.5 Å². The number of benzene rings is 1. The number of ether oxygens (including phenoxy) is 1. The van der Waals surface area contributed by atoms with Crippen LogP contribution in [0.1, 0.15) is 25.5 Å². The molecule has 96 valence electrons. The quantitative estimate of drug-likeness (QED) is 0.758. The van der Waals surface area contributed by atoms with E-state index in [1.807, 2.05) is 13.8 Å². The molecule has 0 bridgehead atoms. The Morgan fingerprint density at radius 1 is 1.41 bits per heavy atom. The van der Waals surface area contributed by atoms with E-state index in [9.17, 15) is 10.2 Å². The van der Waals surface area contributed by atoms with Gasteiger partial charge in [-0.2, -0.15) is 0 Å². The van der Waals surface area contributed by atoms with Crippen molar-refractivity contribution >= 4 is 11.6 Å². The third kappa shape index (κ3) is 3.77. The van der Waals surface area contributed by atoms with E-state index in [0.717, 1.165) is 0 Å². The van der Waals surface area contributed by atoms with E-state index >= 15 is 0 Å². The van der Waals surface area contributed by atoms with Crippen molar-refractivity contribution in [2.45, 2.75) is 26.0 Å². The molecule has 4 nitrogen and oxygen atoms in total. The number of hydrogen-bond acceptors (Lipinski definition) is 4. The number of rotatable bonds is 5. The molecule has 0 aromatic heterocycles. The Kier molecular flexibility index (Phi) is 5.05. The van der Waals surface area contributed by atoms with E-state index in [1.54, 1.807) is 6.07 Å². The fourth-order valence-electron chi connectivity index (χ4n) is 1.41. The minimum atomic E-state index is -0.690. The molecule has 3 N–H and O–H groups in total. The van der Waals surface area contributed by atoms with Gasteiger partial charge in [-0.15, -0.1) is 0 Å². The Bertz CT molecular complexity index is 382. The van der Waals surface area contributed by atoms with Crippen LogP contribution >= 0.6 is 11.6 Å². The lowest BCUT2D eigenvalue weighted by Gasteiger charge is -2.16. The van der Waals surface area contributed by atoms with Crippen molar-refractivity contribution in [1.82, 2.24) is 5.32 Å². The summed E-state index contributed by atoms with van der Waals surface area (Å²) in [7, 11) is 1.44. The molecule has 0 saturated heterocycles. The van der Waals surface area contributed by atoms with Crippen LogP contribution in [-0.4, -0.2) is 29.9 Å². The lowest BCUT2D eigenvalue weighted by Crippen LogP contribution is -2.27. The zero-order valence-electron chi connectivity index (χ0n) is 10.2. The summed E-state index contributed by atoms with van der Waals surface area (Å²) in [6.45, 7) is 4.41. The first-order chi connectivity index (χ1) is 7.95. The smallest absolute Gasteiger partial charge is 0.176 e. The maximum absolute atomic E-state index is 9.95. The summed E-state index contributed by atoms with van der Waals surface area (Å²) in [6.07, 6.45) is -0.690. The molecule has 0 aliphatic rings. The van der Waals surface area contributed by atoms with Gasteiger partial charge in [0, 0.05) is 12.6 Å². The van der Waals surface area contributed by atoms with Gasteiger partial charge in [0.2, 0.25) is 0 Å². The molecule has 0 heterocycles. The minimum Gasteiger partial charge on any atom is -0.503 e. The fourth-order valence-corrected chi connectivity index (χ4v) is 1.63. The minimum absolute atomic E-state index is 0.109. The average molecular weight is 260 g/mol. The number of phenolic OH excluding ortho intramolecular Hbond substituents is 1. The monoisotopic (exact) mass is 259 g/mol. The van der Waals surface area contributed by atoms with Crippen molar-refractivity contribution in [2.75, 3.05) is 13.7 Å². The molecule has 0 spiro atoms. The number of aliphatic hydroxyl groups excluding tert-OH is 1. The van der Waals surface area contributed by atoms with Gasteiger partial charge >= 0.3 is 0 Å². The molecule has 1 aromatic rings. The third-order valence-electron chi connectivity index (χ3n) is 2.37.